The molecule has 0 radical (unpaired) electrons. The molecule has 0 N–H and O–H groups in total. The van der Waals surface area contributed by atoms with Crippen molar-refractivity contribution in [3.63, 3.8) is 0 Å². The molecule has 0 bridgehead atoms. The number of ether oxygens (including phenoxy) is 2. The van der Waals surface area contributed by atoms with Gasteiger partial charge >= 0.3 is 11.9 Å². The lowest BCUT2D eigenvalue weighted by Crippen LogP contribution is -2.10. The molecule has 0 atom stereocenters. The van der Waals surface area contributed by atoms with Crippen LogP contribution in [0.25, 0.3) is 42.4 Å². The lowest BCUT2D eigenvalue weighted by molar-refractivity contribution is -0.141. The van der Waals surface area contributed by atoms with Crippen LogP contribution < -0.4 is 9.47 Å². The third kappa shape index (κ3) is 7.25. The van der Waals surface area contributed by atoms with E-state index in [1.165, 1.54) is 36.4 Å². The maximum absolute atomic E-state index is 13.8. The molecule has 52 heavy (non-hydrogen) atoms. The smallest absolute Gasteiger partial charge is 0.376 e. The van der Waals surface area contributed by atoms with Crippen LogP contribution in [0, 0.1) is 13.1 Å². The van der Waals surface area contributed by atoms with Crippen LogP contribution in [0.3, 0.4) is 0 Å². The van der Waals surface area contributed by atoms with E-state index in [2.05, 4.69) is 16.3 Å². The lowest BCUT2D eigenvalue weighted by atomic mass is 9.83. The highest BCUT2D eigenvalue weighted by Gasteiger charge is 2.22. The summed E-state index contributed by atoms with van der Waals surface area (Å²) in [5, 5.41) is 3.05. The Balaban J connectivity index is 1.49. The van der Waals surface area contributed by atoms with E-state index < -0.39 is 11.9 Å². The Morgan fingerprint density at radius 2 is 1.00 bits per heavy atom. The van der Waals surface area contributed by atoms with Crippen molar-refractivity contribution in [2.75, 3.05) is 0 Å². The number of nitrogens with zero attached hydrogens (tertiary/aromatic N) is 2. The van der Waals surface area contributed by atoms with Crippen LogP contribution in [0.2, 0.25) is 0 Å². The zero-order chi connectivity index (χ0) is 36.8. The SMILES string of the molecule is [C-]#[N+]c1ccc2c(-c3c(CC(=O)c4ccc(OC(=O)C=O)cc4)ccc4cc([N+]#[C-])ccc34)c(CC(=O)c3ccc(OC(=O)C=C)cc3)ccc2c1. The van der Waals surface area contributed by atoms with Gasteiger partial charge in [-0.15, -0.1) is 0 Å². The van der Waals surface area contributed by atoms with E-state index in [1.54, 1.807) is 36.4 Å². The Bertz CT molecular complexity index is 2360. The average molecular weight is 683 g/mol. The molecular weight excluding hydrogens is 656 g/mol. The number of rotatable bonds is 11. The molecule has 0 aliphatic heterocycles. The summed E-state index contributed by atoms with van der Waals surface area (Å²) in [6.45, 7) is 18.5. The predicted molar refractivity (Wildman–Crippen MR) is 196 cm³/mol. The minimum absolute atomic E-state index is 0.0213. The number of esters is 2. The van der Waals surface area contributed by atoms with Crippen LogP contribution >= 0.6 is 0 Å². The molecule has 0 aliphatic rings. The highest BCUT2D eigenvalue weighted by Crippen LogP contribution is 2.42. The minimum Gasteiger partial charge on any atom is -0.423 e. The monoisotopic (exact) mass is 682 g/mol. The second kappa shape index (κ2) is 15.0. The molecule has 0 unspecified atom stereocenters. The Hall–Kier alpha value is -7.49. The normalized spacial score (nSPS) is 10.5. The number of Topliss-reactive ketones (excluding diaryl/α,β-unsaturated/α-hetero) is 2. The molecule has 9 heteroatoms. The molecule has 0 fully saturated rings. The largest absolute Gasteiger partial charge is 0.423 e. The van der Waals surface area contributed by atoms with Gasteiger partial charge in [-0.2, -0.15) is 0 Å². The van der Waals surface area contributed by atoms with Crippen LogP contribution in [-0.2, 0) is 27.2 Å². The van der Waals surface area contributed by atoms with Gasteiger partial charge in [-0.3, -0.25) is 14.4 Å². The molecule has 6 aromatic rings. The molecular formula is C43H26N2O7. The van der Waals surface area contributed by atoms with Gasteiger partial charge in [0.2, 0.25) is 6.29 Å². The van der Waals surface area contributed by atoms with Crippen LogP contribution in [-0.4, -0.2) is 29.8 Å². The summed E-state index contributed by atoms with van der Waals surface area (Å²) in [6, 6.07) is 30.1. The molecule has 0 heterocycles. The van der Waals surface area contributed by atoms with Crippen molar-refractivity contribution in [2.45, 2.75) is 12.8 Å². The topological polar surface area (TPSA) is 113 Å². The number of aldehydes is 1. The first-order valence-electron chi connectivity index (χ1n) is 15.9. The highest BCUT2D eigenvalue weighted by molar-refractivity contribution is 6.21. The number of benzene rings is 6. The van der Waals surface area contributed by atoms with Crippen LogP contribution in [0.5, 0.6) is 11.5 Å². The molecule has 0 aromatic heterocycles. The van der Waals surface area contributed by atoms with E-state index in [9.17, 15) is 24.0 Å². The molecule has 0 aliphatic carbocycles. The van der Waals surface area contributed by atoms with Crippen molar-refractivity contribution < 1.29 is 33.4 Å². The lowest BCUT2D eigenvalue weighted by Gasteiger charge is -2.20. The van der Waals surface area contributed by atoms with E-state index >= 15 is 0 Å². The Kier molecular flexibility index (Phi) is 9.89. The van der Waals surface area contributed by atoms with Crippen molar-refractivity contribution in [1.82, 2.24) is 0 Å². The fourth-order valence-corrected chi connectivity index (χ4v) is 6.01. The standard InChI is InChI=1S/C43H26N2O7/c1-4-40(49)51-34-15-9-26(10-16-34)38(47)23-30-7-5-28-21-32(44-2)13-19-36(28)42(30)43-31(8-6-29-22-33(45-3)14-20-37(29)43)24-39(48)27-11-17-35(18-12-27)52-41(50)25-46/h4-22,25H,1,23-24H2. The summed E-state index contributed by atoms with van der Waals surface area (Å²) in [5.41, 5.74) is 4.36. The Morgan fingerprint density at radius 3 is 1.38 bits per heavy atom. The molecule has 9 nitrogen and oxygen atoms in total. The number of ketones is 2. The maximum Gasteiger partial charge on any atom is 0.376 e. The van der Waals surface area contributed by atoms with Crippen LogP contribution in [0.15, 0.2) is 122 Å². The molecule has 250 valence electrons. The summed E-state index contributed by atoms with van der Waals surface area (Å²) < 4.78 is 10.1. The van der Waals surface area contributed by atoms with Crippen molar-refractivity contribution in [1.29, 1.82) is 0 Å². The van der Waals surface area contributed by atoms with E-state index in [-0.39, 0.29) is 42.2 Å². The van der Waals surface area contributed by atoms with Gasteiger partial charge in [0.05, 0.1) is 13.1 Å². The van der Waals surface area contributed by atoms with E-state index in [0.717, 1.165) is 27.6 Å². The predicted octanol–water partition coefficient (Wildman–Crippen LogP) is 8.81. The second-order valence-electron chi connectivity index (χ2n) is 11.6. The Morgan fingerprint density at radius 1 is 0.577 bits per heavy atom. The quantitative estimate of drug-likeness (QED) is 0.0255. The van der Waals surface area contributed by atoms with Gasteiger partial charge in [-0.1, -0.05) is 55.1 Å². The number of carbonyl (C=O) groups is 5. The second-order valence-corrected chi connectivity index (χ2v) is 11.6. The number of carbonyl (C=O) groups excluding carboxylic acids is 5. The number of hydrogen-bond donors (Lipinski definition) is 0. The van der Waals surface area contributed by atoms with Crippen molar-refractivity contribution in [3.8, 4) is 22.6 Å². The van der Waals surface area contributed by atoms with Gasteiger partial charge in [0.15, 0.2) is 22.9 Å². The zero-order valence-corrected chi connectivity index (χ0v) is 27.4. The van der Waals surface area contributed by atoms with Gasteiger partial charge in [-0.05, 0) is 104 Å². The van der Waals surface area contributed by atoms with Gasteiger partial charge in [-0.25, -0.2) is 19.3 Å². The molecule has 0 saturated carbocycles. The molecule has 6 aromatic carbocycles. The molecule has 0 saturated heterocycles. The third-order valence-electron chi connectivity index (χ3n) is 8.44. The fraction of sp³-hybridized carbons (Fsp3) is 0.0465. The van der Waals surface area contributed by atoms with E-state index in [1.807, 2.05) is 36.4 Å². The van der Waals surface area contributed by atoms with E-state index in [0.29, 0.717) is 44.8 Å². The van der Waals surface area contributed by atoms with E-state index in [4.69, 9.17) is 22.6 Å². The zero-order valence-electron chi connectivity index (χ0n) is 27.4. The maximum atomic E-state index is 13.8. The summed E-state index contributed by atoms with van der Waals surface area (Å²) in [5.74, 6) is -1.73. The van der Waals surface area contributed by atoms with Crippen molar-refractivity contribution >= 4 is 62.7 Å². The molecule has 0 spiro atoms. The summed E-state index contributed by atoms with van der Waals surface area (Å²) in [6.07, 6.45) is 1.04. The van der Waals surface area contributed by atoms with Gasteiger partial charge in [0.1, 0.15) is 11.5 Å². The first-order valence-corrected chi connectivity index (χ1v) is 15.9. The van der Waals surface area contributed by atoms with Gasteiger partial charge in [0, 0.05) is 30.0 Å². The number of hydrogen-bond acceptors (Lipinski definition) is 7. The van der Waals surface area contributed by atoms with Crippen LogP contribution in [0.1, 0.15) is 31.8 Å². The first-order chi connectivity index (χ1) is 25.2. The fourth-order valence-electron chi connectivity index (χ4n) is 6.01. The van der Waals surface area contributed by atoms with Crippen molar-refractivity contribution in [2.24, 2.45) is 0 Å². The van der Waals surface area contributed by atoms with Crippen molar-refractivity contribution in [3.05, 3.63) is 167 Å². The molecule has 6 rings (SSSR count). The summed E-state index contributed by atoms with van der Waals surface area (Å²) in [7, 11) is 0. The van der Waals surface area contributed by atoms with Crippen LogP contribution in [0.4, 0.5) is 11.4 Å². The van der Waals surface area contributed by atoms with Gasteiger partial charge < -0.3 is 9.47 Å². The third-order valence-corrected chi connectivity index (χ3v) is 8.44. The summed E-state index contributed by atoms with van der Waals surface area (Å²) >= 11 is 0. The minimum atomic E-state index is -1.06. The Labute approximate surface area is 298 Å². The first kappa shape index (κ1) is 34.4. The summed E-state index contributed by atoms with van der Waals surface area (Å²) in [4.78, 5) is 68.5. The van der Waals surface area contributed by atoms with Gasteiger partial charge in [0.25, 0.3) is 0 Å². The molecule has 0 amide bonds. The average Bonchev–Trinajstić information content (AvgIpc) is 3.17. The highest BCUT2D eigenvalue weighted by atomic mass is 16.5. The number of fused-ring (bicyclic) bond motifs is 2.